The number of likely N-dealkylation sites (N-methyl/N-ethyl adjacent to an activating group) is 1. The molecule has 28 heavy (non-hydrogen) atoms. The first-order chi connectivity index (χ1) is 13.2. The average Bonchev–Trinajstić information content (AvgIpc) is 2.67. The zero-order valence-electron chi connectivity index (χ0n) is 15.1. The Morgan fingerprint density at radius 3 is 2.36 bits per heavy atom. The molecule has 0 bridgehead atoms. The van der Waals surface area contributed by atoms with Gasteiger partial charge in [0, 0.05) is 5.56 Å². The van der Waals surface area contributed by atoms with Gasteiger partial charge in [-0.05, 0) is 36.9 Å². The van der Waals surface area contributed by atoms with Crippen LogP contribution < -0.4 is 10.6 Å². The predicted octanol–water partition coefficient (Wildman–Crippen LogP) is 3.65. The molecule has 0 fully saturated rings. The van der Waals surface area contributed by atoms with E-state index in [0.29, 0.717) is 16.9 Å². The smallest absolute Gasteiger partial charge is 0.386 e. The molecule has 0 spiro atoms. The van der Waals surface area contributed by atoms with Gasteiger partial charge in [-0.25, -0.2) is 0 Å². The Bertz CT molecular complexity index is 864. The molecule has 0 saturated heterocycles. The highest BCUT2D eigenvalue weighted by Crippen LogP contribution is 2.30. The van der Waals surface area contributed by atoms with Gasteiger partial charge < -0.3 is 15.7 Å². The van der Waals surface area contributed by atoms with E-state index in [-0.39, 0.29) is 5.56 Å². The molecular formula is C20H20F3N3O2. The summed E-state index contributed by atoms with van der Waals surface area (Å²) in [6.45, 7) is 7.31. The monoisotopic (exact) mass is 391 g/mol. The van der Waals surface area contributed by atoms with Crippen LogP contribution in [0.5, 0.6) is 0 Å². The van der Waals surface area contributed by atoms with Gasteiger partial charge in [0.05, 0.1) is 23.1 Å². The second-order valence-electron chi connectivity index (χ2n) is 5.93. The summed E-state index contributed by atoms with van der Waals surface area (Å²) < 4.78 is 38.0. The third-order valence-corrected chi connectivity index (χ3v) is 4.12. The summed E-state index contributed by atoms with van der Waals surface area (Å²) in [7, 11) is 1.46. The van der Waals surface area contributed by atoms with Crippen LogP contribution >= 0.6 is 0 Å². The summed E-state index contributed by atoms with van der Waals surface area (Å²) in [4.78, 5) is 16.7. The Balaban J connectivity index is 2.18. The molecule has 0 aliphatic carbocycles. The number of anilines is 1. The number of aromatic nitrogens is 1. The fourth-order valence-corrected chi connectivity index (χ4v) is 2.61. The number of halogens is 3. The minimum Gasteiger partial charge on any atom is -0.386 e. The van der Waals surface area contributed by atoms with Gasteiger partial charge in [0.1, 0.15) is 12.1 Å². The van der Waals surface area contributed by atoms with Crippen molar-refractivity contribution in [3.63, 3.8) is 0 Å². The van der Waals surface area contributed by atoms with Crippen LogP contribution in [0.1, 0.15) is 28.5 Å². The first kappa shape index (κ1) is 21.3. The maximum absolute atomic E-state index is 12.7. The van der Waals surface area contributed by atoms with Crippen molar-refractivity contribution in [2.24, 2.45) is 0 Å². The Morgan fingerprint density at radius 2 is 1.86 bits per heavy atom. The summed E-state index contributed by atoms with van der Waals surface area (Å²) in [5.41, 5.74) is 0.985. The number of aliphatic hydroxyl groups excluding tert-OH is 1. The first-order valence-electron chi connectivity index (χ1n) is 8.29. The maximum Gasteiger partial charge on any atom is 0.416 e. The highest BCUT2D eigenvalue weighted by atomic mass is 19.4. The number of carbonyl (C=O) groups is 1. The minimum absolute atomic E-state index is 0.175. The predicted molar refractivity (Wildman–Crippen MR) is 102 cm³/mol. The molecule has 5 nitrogen and oxygen atoms in total. The number of nitrogens with zero attached hydrogens (tertiary/aromatic N) is 1. The fraction of sp³-hybridized carbons (Fsp3) is 0.200. The molecule has 0 aliphatic rings. The van der Waals surface area contributed by atoms with Gasteiger partial charge in [0.25, 0.3) is 0 Å². The minimum atomic E-state index is -4.48. The molecule has 0 radical (unpaired) electrons. The molecule has 2 aromatic rings. The van der Waals surface area contributed by atoms with Crippen molar-refractivity contribution in [3.8, 4) is 0 Å². The Labute approximate surface area is 160 Å². The zero-order valence-corrected chi connectivity index (χ0v) is 15.1. The number of alkyl halides is 3. The molecule has 8 heteroatoms. The number of nitrogens with one attached hydrogen (secondary N) is 2. The van der Waals surface area contributed by atoms with E-state index in [2.05, 4.69) is 28.8 Å². The Kier molecular flexibility index (Phi) is 6.71. The SMILES string of the molecule is C=Cc1cc(NC(=O)C(NC)C(O)c2ccc(C(F)(F)F)cc2)cnc1C=C. The van der Waals surface area contributed by atoms with Crippen LogP contribution in [-0.4, -0.2) is 29.1 Å². The van der Waals surface area contributed by atoms with Crippen LogP contribution in [0, 0.1) is 0 Å². The van der Waals surface area contributed by atoms with Crippen molar-refractivity contribution < 1.29 is 23.1 Å². The number of benzene rings is 1. The first-order valence-corrected chi connectivity index (χ1v) is 8.29. The van der Waals surface area contributed by atoms with Crippen LogP contribution in [0.2, 0.25) is 0 Å². The summed E-state index contributed by atoms with van der Waals surface area (Å²) in [6, 6.07) is 4.55. The number of carbonyl (C=O) groups excluding carboxylic acids is 1. The average molecular weight is 391 g/mol. The molecule has 0 saturated carbocycles. The topological polar surface area (TPSA) is 74.2 Å². The number of rotatable bonds is 7. The van der Waals surface area contributed by atoms with Crippen molar-refractivity contribution in [2.45, 2.75) is 18.3 Å². The third kappa shape index (κ3) is 4.85. The van der Waals surface area contributed by atoms with Crippen molar-refractivity contribution >= 4 is 23.7 Å². The summed E-state index contributed by atoms with van der Waals surface area (Å²) in [5, 5.41) is 15.8. The highest BCUT2D eigenvalue weighted by molar-refractivity contribution is 5.95. The lowest BCUT2D eigenvalue weighted by atomic mass is 10.00. The molecule has 1 aromatic heterocycles. The molecule has 148 valence electrons. The van der Waals surface area contributed by atoms with Crippen molar-refractivity contribution in [3.05, 3.63) is 72.1 Å². The van der Waals surface area contributed by atoms with E-state index in [0.717, 1.165) is 24.3 Å². The van der Waals surface area contributed by atoms with Crippen LogP contribution in [0.4, 0.5) is 18.9 Å². The molecule has 2 unspecified atom stereocenters. The normalized spacial score (nSPS) is 13.5. The molecular weight excluding hydrogens is 371 g/mol. The lowest BCUT2D eigenvalue weighted by molar-refractivity contribution is -0.137. The largest absolute Gasteiger partial charge is 0.416 e. The van der Waals surface area contributed by atoms with E-state index in [9.17, 15) is 23.1 Å². The Hall–Kier alpha value is -2.97. The second-order valence-corrected chi connectivity index (χ2v) is 5.93. The lowest BCUT2D eigenvalue weighted by Crippen LogP contribution is -2.43. The van der Waals surface area contributed by atoms with Gasteiger partial charge >= 0.3 is 6.18 Å². The van der Waals surface area contributed by atoms with Crippen LogP contribution in [0.15, 0.2) is 49.7 Å². The summed E-state index contributed by atoms with van der Waals surface area (Å²) in [5.74, 6) is -0.571. The summed E-state index contributed by atoms with van der Waals surface area (Å²) >= 11 is 0. The number of aliphatic hydroxyl groups is 1. The van der Waals surface area contributed by atoms with Gasteiger partial charge in [0.15, 0.2) is 0 Å². The Morgan fingerprint density at radius 1 is 1.21 bits per heavy atom. The lowest BCUT2D eigenvalue weighted by Gasteiger charge is -2.22. The molecule has 1 heterocycles. The highest BCUT2D eigenvalue weighted by Gasteiger charge is 2.31. The second kappa shape index (κ2) is 8.81. The van der Waals surface area contributed by atoms with Gasteiger partial charge in [0.2, 0.25) is 5.91 Å². The van der Waals surface area contributed by atoms with Crippen LogP contribution in [-0.2, 0) is 11.0 Å². The van der Waals surface area contributed by atoms with Crippen LogP contribution in [0.25, 0.3) is 12.2 Å². The number of pyridine rings is 1. The van der Waals surface area contributed by atoms with E-state index in [1.165, 1.54) is 13.2 Å². The van der Waals surface area contributed by atoms with Crippen LogP contribution in [0.3, 0.4) is 0 Å². The van der Waals surface area contributed by atoms with Crippen molar-refractivity contribution in [1.82, 2.24) is 10.3 Å². The molecule has 2 atom stereocenters. The molecule has 3 N–H and O–H groups in total. The van der Waals surface area contributed by atoms with Gasteiger partial charge in [-0.3, -0.25) is 9.78 Å². The van der Waals surface area contributed by atoms with E-state index in [1.807, 2.05) is 0 Å². The maximum atomic E-state index is 12.7. The number of hydrogen-bond acceptors (Lipinski definition) is 4. The van der Waals surface area contributed by atoms with E-state index >= 15 is 0 Å². The number of hydrogen-bond donors (Lipinski definition) is 3. The quantitative estimate of drug-likeness (QED) is 0.674. The molecule has 0 aliphatic heterocycles. The summed E-state index contributed by atoms with van der Waals surface area (Å²) in [6.07, 6.45) is -1.29. The van der Waals surface area contributed by atoms with E-state index in [4.69, 9.17) is 0 Å². The molecule has 1 aromatic carbocycles. The van der Waals surface area contributed by atoms with E-state index < -0.39 is 29.8 Å². The molecule has 2 rings (SSSR count). The van der Waals surface area contributed by atoms with Crippen molar-refractivity contribution in [1.29, 1.82) is 0 Å². The van der Waals surface area contributed by atoms with Gasteiger partial charge in [-0.15, -0.1) is 0 Å². The third-order valence-electron chi connectivity index (χ3n) is 4.12. The van der Waals surface area contributed by atoms with Gasteiger partial charge in [-0.1, -0.05) is 31.4 Å². The molecule has 1 amide bonds. The van der Waals surface area contributed by atoms with E-state index in [1.54, 1.807) is 18.2 Å². The fourth-order valence-electron chi connectivity index (χ4n) is 2.61. The number of amides is 1. The van der Waals surface area contributed by atoms with Crippen molar-refractivity contribution in [2.75, 3.05) is 12.4 Å². The standard InChI is InChI=1S/C20H20F3N3O2/c1-4-12-10-15(11-25-16(12)5-2)26-19(28)17(24-3)18(27)13-6-8-14(9-7-13)20(21,22)23/h4-11,17-18,24,27H,1-2H2,3H3,(H,26,28). The zero-order chi connectivity index (χ0) is 20.9. The van der Waals surface area contributed by atoms with Gasteiger partial charge in [-0.2, -0.15) is 13.2 Å².